The van der Waals surface area contributed by atoms with E-state index in [2.05, 4.69) is 22.4 Å². The Morgan fingerprint density at radius 3 is 2.00 bits per heavy atom. The Labute approximate surface area is 30.5 Å². The predicted octanol–water partition coefficient (Wildman–Crippen LogP) is 0.913. The third-order valence-electron chi connectivity index (χ3n) is 0.0894. The average molecular weight is 76.1 g/mol. The molecule has 0 bridgehead atoms. The van der Waals surface area contributed by atoms with Crippen molar-refractivity contribution >= 4 is 12.8 Å². The van der Waals surface area contributed by atoms with E-state index in [1.807, 2.05) is 0 Å². The number of hydrogen-bond acceptors (Lipinski definition) is 2. The summed E-state index contributed by atoms with van der Waals surface area (Å²) in [5.41, 5.74) is 0. The van der Waals surface area contributed by atoms with E-state index in [4.69, 9.17) is 0 Å². The van der Waals surface area contributed by atoms with Crippen molar-refractivity contribution in [1.82, 2.24) is 0 Å². The van der Waals surface area contributed by atoms with E-state index < -0.39 is 0 Å². The molecule has 0 aromatic carbocycles. The van der Waals surface area contributed by atoms with Gasteiger partial charge >= 0.3 is 0 Å². The zero-order valence-corrected chi connectivity index (χ0v) is 3.24. The lowest BCUT2D eigenvalue weighted by molar-refractivity contribution is 1.26. The highest BCUT2D eigenvalue weighted by molar-refractivity contribution is 7.78. The van der Waals surface area contributed by atoms with Crippen molar-refractivity contribution in [1.29, 1.82) is 0 Å². The molecule has 0 spiro atoms. The lowest BCUT2D eigenvalue weighted by Gasteiger charge is -1.52. The van der Waals surface area contributed by atoms with Gasteiger partial charge in [0.25, 0.3) is 0 Å². The topological polar surface area (TPSA) is 24.7 Å². The molecule has 0 radical (unpaired) electrons. The van der Waals surface area contributed by atoms with Crippen LogP contribution in [0, 0.1) is 0 Å². The van der Waals surface area contributed by atoms with Gasteiger partial charge in [-0.1, -0.05) is 0 Å². The fourth-order valence-electron chi connectivity index (χ4n) is 0. The van der Waals surface area contributed by atoms with Gasteiger partial charge in [0.15, 0.2) is 0 Å². The minimum Gasteiger partial charge on any atom is -0.186 e. The zero-order valence-electron chi connectivity index (χ0n) is 2.34. The van der Waals surface area contributed by atoms with Gasteiger partial charge in [0.2, 0.25) is 0 Å². The fourth-order valence-corrected chi connectivity index (χ4v) is 0. The maximum Gasteiger partial charge on any atom is 0.0498 e. The molecule has 0 heterocycles. The normalized spacial score (nSPS) is 9.50. The summed E-state index contributed by atoms with van der Waals surface area (Å²) in [5.74, 6) is 0. The molecule has 4 heavy (non-hydrogen) atoms. The van der Waals surface area contributed by atoms with E-state index in [0.29, 0.717) is 0 Å². The Kier molecular flexibility index (Phi) is 2.91. The van der Waals surface area contributed by atoms with Crippen molar-refractivity contribution < 1.29 is 0 Å². The highest BCUT2D eigenvalue weighted by Gasteiger charge is 1.32. The lowest BCUT2D eigenvalue weighted by Crippen LogP contribution is -1.28. The molecule has 0 atom stereocenters. The molecule has 3 heteroatoms. The molecule has 24 valence electrons. The van der Waals surface area contributed by atoms with E-state index in [9.17, 15) is 0 Å². The van der Waals surface area contributed by atoms with Crippen LogP contribution in [0.4, 0.5) is 0 Å². The van der Waals surface area contributed by atoms with E-state index in [-0.39, 0.29) is 0 Å². The molecule has 0 fully saturated rings. The van der Waals surface area contributed by atoms with E-state index in [1.165, 1.54) is 0 Å². The zero-order chi connectivity index (χ0) is 3.41. The standard InChI is InChI=1S/CH4N2S/c1-2-3-4/h1H3,(H,2,4). The molecule has 0 aliphatic rings. The van der Waals surface area contributed by atoms with Crippen LogP contribution in [0.5, 0.6) is 0 Å². The van der Waals surface area contributed by atoms with Crippen molar-refractivity contribution in [2.75, 3.05) is 7.05 Å². The minimum absolute atomic E-state index is 1.56. The van der Waals surface area contributed by atoms with Crippen LogP contribution >= 0.6 is 12.8 Å². The lowest BCUT2D eigenvalue weighted by atomic mass is 11.6. The smallest absolute Gasteiger partial charge is 0.0498 e. The highest BCUT2D eigenvalue weighted by Crippen LogP contribution is 1.68. The summed E-state index contributed by atoms with van der Waals surface area (Å²) in [6.45, 7) is 0. The Morgan fingerprint density at radius 2 is 2.00 bits per heavy atom. The van der Waals surface area contributed by atoms with Crippen LogP contribution in [-0.2, 0) is 0 Å². The summed E-state index contributed by atoms with van der Waals surface area (Å²) in [6.07, 6.45) is 0. The minimum atomic E-state index is 1.56. The number of hydrogen-bond donors (Lipinski definition) is 1. The van der Waals surface area contributed by atoms with Crippen LogP contribution in [0.1, 0.15) is 0 Å². The maximum atomic E-state index is 3.38. The van der Waals surface area contributed by atoms with Gasteiger partial charge in [-0.25, -0.2) is 0 Å². The summed E-state index contributed by atoms with van der Waals surface area (Å²) in [4.78, 5) is 0. The van der Waals surface area contributed by atoms with E-state index in [0.717, 1.165) is 0 Å². The summed E-state index contributed by atoms with van der Waals surface area (Å²) in [6, 6.07) is 0. The monoisotopic (exact) mass is 76.0 g/mol. The number of nitrogens with zero attached hydrogens (tertiary/aromatic N) is 2. The van der Waals surface area contributed by atoms with Gasteiger partial charge in [0, 0.05) is 7.05 Å². The van der Waals surface area contributed by atoms with E-state index in [1.54, 1.807) is 7.05 Å². The summed E-state index contributed by atoms with van der Waals surface area (Å²) < 4.78 is 3.06. The summed E-state index contributed by atoms with van der Waals surface area (Å²) in [7, 11) is 1.56. The van der Waals surface area contributed by atoms with Crippen LogP contribution in [0.3, 0.4) is 0 Å². The van der Waals surface area contributed by atoms with Crippen LogP contribution in [0.25, 0.3) is 0 Å². The van der Waals surface area contributed by atoms with Crippen molar-refractivity contribution in [2.24, 2.45) is 9.63 Å². The molecule has 0 aromatic rings. The van der Waals surface area contributed by atoms with E-state index >= 15 is 0 Å². The molecule has 0 rings (SSSR count). The first-order valence-electron chi connectivity index (χ1n) is 0.847. The second-order valence-electron chi connectivity index (χ2n) is 0.289. The third-order valence-corrected chi connectivity index (χ3v) is 0.268. The van der Waals surface area contributed by atoms with Gasteiger partial charge in [-0.15, -0.1) is 4.52 Å². The first-order valence-corrected chi connectivity index (χ1v) is 1.25. The Morgan fingerprint density at radius 1 is 1.75 bits per heavy atom. The molecule has 0 amide bonds. The SMILES string of the molecule is CN=NS. The van der Waals surface area contributed by atoms with Gasteiger partial charge in [0.1, 0.15) is 0 Å². The first-order chi connectivity index (χ1) is 1.91. The molecule has 0 N–H and O–H groups in total. The molecular weight excluding hydrogens is 72.1 g/mol. The number of rotatable bonds is 0. The van der Waals surface area contributed by atoms with Crippen LogP contribution in [-0.4, -0.2) is 7.05 Å². The highest BCUT2D eigenvalue weighted by atomic mass is 32.1. The Balaban J connectivity index is 2.55. The van der Waals surface area contributed by atoms with Gasteiger partial charge in [-0.3, -0.25) is 0 Å². The van der Waals surface area contributed by atoms with Gasteiger partial charge in [-0.05, 0) is 12.8 Å². The molecule has 0 aromatic heterocycles. The molecule has 0 aliphatic carbocycles. The number of thiol groups is 1. The molecule has 2 nitrogen and oxygen atoms in total. The van der Waals surface area contributed by atoms with Crippen LogP contribution in [0.15, 0.2) is 9.63 Å². The quantitative estimate of drug-likeness (QED) is 0.328. The Bertz CT molecular complexity index is 21.2. The van der Waals surface area contributed by atoms with Crippen molar-refractivity contribution in [3.8, 4) is 0 Å². The van der Waals surface area contributed by atoms with Crippen molar-refractivity contribution in [2.45, 2.75) is 0 Å². The molecular formula is CH4N2S. The third kappa shape index (κ3) is 1.95. The Hall–Kier alpha value is -0.0500. The van der Waals surface area contributed by atoms with Gasteiger partial charge in [-0.2, -0.15) is 5.11 Å². The van der Waals surface area contributed by atoms with Crippen LogP contribution < -0.4 is 0 Å². The summed E-state index contributed by atoms with van der Waals surface area (Å²) in [5, 5.41) is 3.23. The second kappa shape index (κ2) is 2.95. The molecule has 0 saturated carbocycles. The van der Waals surface area contributed by atoms with Gasteiger partial charge in [0.05, 0.1) is 0 Å². The van der Waals surface area contributed by atoms with Crippen molar-refractivity contribution in [3.05, 3.63) is 0 Å². The molecule has 0 unspecified atom stereocenters. The van der Waals surface area contributed by atoms with Crippen LogP contribution in [0.2, 0.25) is 0 Å². The summed E-state index contributed by atoms with van der Waals surface area (Å²) >= 11 is 3.38. The second-order valence-corrected chi connectivity index (χ2v) is 0.468. The predicted molar refractivity (Wildman–Crippen MR) is 19.8 cm³/mol. The molecule has 0 aliphatic heterocycles. The van der Waals surface area contributed by atoms with Crippen molar-refractivity contribution in [3.63, 3.8) is 0 Å². The maximum absolute atomic E-state index is 3.38. The fraction of sp³-hybridized carbons (Fsp3) is 1.00. The average Bonchev–Trinajstić information content (AvgIpc) is 1.37. The first kappa shape index (κ1) is 3.95. The van der Waals surface area contributed by atoms with Gasteiger partial charge < -0.3 is 0 Å². The largest absolute Gasteiger partial charge is 0.186 e. The molecule has 0 saturated heterocycles.